The van der Waals surface area contributed by atoms with Gasteiger partial charge in [0.15, 0.2) is 0 Å². The van der Waals surface area contributed by atoms with Crippen LogP contribution in [0.3, 0.4) is 0 Å². The van der Waals surface area contributed by atoms with Crippen LogP contribution in [0.25, 0.3) is 0 Å². The summed E-state index contributed by atoms with van der Waals surface area (Å²) in [7, 11) is 2.01. The third-order valence-corrected chi connectivity index (χ3v) is 2.13. The second kappa shape index (κ2) is 4.94. The number of hydrogen-bond donors (Lipinski definition) is 0. The Kier molecular flexibility index (Phi) is 3.86. The van der Waals surface area contributed by atoms with E-state index in [4.69, 9.17) is 0 Å². The first-order chi connectivity index (χ1) is 6.63. The lowest BCUT2D eigenvalue weighted by molar-refractivity contribution is 0.633. The van der Waals surface area contributed by atoms with Crippen molar-refractivity contribution in [2.75, 3.05) is 18.5 Å². The SMILES string of the molecule is CCN(C)c1nccc(CC(C)C)n1. The van der Waals surface area contributed by atoms with E-state index in [0.717, 1.165) is 24.6 Å². The molecule has 3 nitrogen and oxygen atoms in total. The number of aromatic nitrogens is 2. The summed E-state index contributed by atoms with van der Waals surface area (Å²) in [5.41, 5.74) is 1.13. The summed E-state index contributed by atoms with van der Waals surface area (Å²) < 4.78 is 0. The molecule has 0 spiro atoms. The van der Waals surface area contributed by atoms with Crippen LogP contribution in [0.4, 0.5) is 5.95 Å². The molecule has 1 aromatic heterocycles. The third kappa shape index (κ3) is 2.98. The van der Waals surface area contributed by atoms with Gasteiger partial charge >= 0.3 is 0 Å². The predicted molar refractivity (Wildman–Crippen MR) is 59.5 cm³/mol. The summed E-state index contributed by atoms with van der Waals surface area (Å²) in [6.45, 7) is 7.43. The van der Waals surface area contributed by atoms with E-state index in [1.165, 1.54) is 0 Å². The van der Waals surface area contributed by atoms with Crippen molar-refractivity contribution in [3.63, 3.8) is 0 Å². The summed E-state index contributed by atoms with van der Waals surface area (Å²) in [6, 6.07) is 1.99. The van der Waals surface area contributed by atoms with Crippen molar-refractivity contribution < 1.29 is 0 Å². The number of hydrogen-bond acceptors (Lipinski definition) is 3. The van der Waals surface area contributed by atoms with E-state index in [1.807, 2.05) is 24.2 Å². The Morgan fingerprint density at radius 3 is 2.71 bits per heavy atom. The topological polar surface area (TPSA) is 29.0 Å². The molecular weight excluding hydrogens is 174 g/mol. The number of anilines is 1. The van der Waals surface area contributed by atoms with Gasteiger partial charge in [-0.15, -0.1) is 0 Å². The molecule has 3 heteroatoms. The van der Waals surface area contributed by atoms with E-state index in [0.29, 0.717) is 5.92 Å². The van der Waals surface area contributed by atoms with Crippen LogP contribution < -0.4 is 4.90 Å². The molecule has 0 bridgehead atoms. The van der Waals surface area contributed by atoms with Crippen LogP contribution >= 0.6 is 0 Å². The standard InChI is InChI=1S/C11H19N3/c1-5-14(4)11-12-7-6-10(13-11)8-9(2)3/h6-7,9H,5,8H2,1-4H3. The van der Waals surface area contributed by atoms with Gasteiger partial charge in [-0.3, -0.25) is 0 Å². The maximum absolute atomic E-state index is 4.50. The molecule has 14 heavy (non-hydrogen) atoms. The molecule has 0 atom stereocenters. The smallest absolute Gasteiger partial charge is 0.225 e. The molecule has 0 saturated carbocycles. The van der Waals surface area contributed by atoms with Gasteiger partial charge in [0.05, 0.1) is 0 Å². The second-order valence-corrected chi connectivity index (χ2v) is 3.96. The molecule has 0 aromatic carbocycles. The minimum absolute atomic E-state index is 0.643. The summed E-state index contributed by atoms with van der Waals surface area (Å²) in [6.07, 6.45) is 2.86. The first-order valence-electron chi connectivity index (χ1n) is 5.16. The Hall–Kier alpha value is -1.12. The zero-order valence-electron chi connectivity index (χ0n) is 9.49. The van der Waals surface area contributed by atoms with Crippen molar-refractivity contribution in [1.29, 1.82) is 0 Å². The summed E-state index contributed by atoms with van der Waals surface area (Å²) in [4.78, 5) is 10.8. The fourth-order valence-corrected chi connectivity index (χ4v) is 1.24. The van der Waals surface area contributed by atoms with Crippen molar-refractivity contribution in [3.05, 3.63) is 18.0 Å². The van der Waals surface area contributed by atoms with E-state index in [2.05, 4.69) is 30.7 Å². The van der Waals surface area contributed by atoms with Crippen LogP contribution in [-0.2, 0) is 6.42 Å². The van der Waals surface area contributed by atoms with Gasteiger partial charge in [0.25, 0.3) is 0 Å². The zero-order valence-corrected chi connectivity index (χ0v) is 9.49. The minimum atomic E-state index is 0.643. The third-order valence-electron chi connectivity index (χ3n) is 2.13. The average molecular weight is 193 g/mol. The zero-order chi connectivity index (χ0) is 10.6. The normalized spacial score (nSPS) is 10.6. The van der Waals surface area contributed by atoms with Crippen molar-refractivity contribution in [3.8, 4) is 0 Å². The second-order valence-electron chi connectivity index (χ2n) is 3.96. The average Bonchev–Trinajstić information content (AvgIpc) is 2.16. The monoisotopic (exact) mass is 193 g/mol. The largest absolute Gasteiger partial charge is 0.344 e. The van der Waals surface area contributed by atoms with E-state index < -0.39 is 0 Å². The van der Waals surface area contributed by atoms with Crippen LogP contribution in [-0.4, -0.2) is 23.6 Å². The molecule has 0 N–H and O–H groups in total. The van der Waals surface area contributed by atoms with Crippen LogP contribution in [0, 0.1) is 5.92 Å². The predicted octanol–water partition coefficient (Wildman–Crippen LogP) is 2.13. The van der Waals surface area contributed by atoms with Crippen LogP contribution in [0.15, 0.2) is 12.3 Å². The molecule has 1 rings (SSSR count). The highest BCUT2D eigenvalue weighted by molar-refractivity contribution is 5.28. The summed E-state index contributed by atoms with van der Waals surface area (Å²) >= 11 is 0. The molecule has 0 aliphatic rings. The van der Waals surface area contributed by atoms with Gasteiger partial charge in [-0.1, -0.05) is 13.8 Å². The lowest BCUT2D eigenvalue weighted by Gasteiger charge is -2.14. The maximum Gasteiger partial charge on any atom is 0.225 e. The van der Waals surface area contributed by atoms with E-state index in [-0.39, 0.29) is 0 Å². The van der Waals surface area contributed by atoms with Gasteiger partial charge in [-0.25, -0.2) is 9.97 Å². The molecule has 0 unspecified atom stereocenters. The van der Waals surface area contributed by atoms with Gasteiger partial charge in [0.1, 0.15) is 0 Å². The van der Waals surface area contributed by atoms with Crippen LogP contribution in [0.2, 0.25) is 0 Å². The van der Waals surface area contributed by atoms with Gasteiger partial charge in [0.2, 0.25) is 5.95 Å². The lowest BCUT2D eigenvalue weighted by atomic mass is 10.1. The van der Waals surface area contributed by atoms with Gasteiger partial charge in [-0.2, -0.15) is 0 Å². The Labute approximate surface area is 86.2 Å². The van der Waals surface area contributed by atoms with E-state index >= 15 is 0 Å². The molecule has 0 amide bonds. The van der Waals surface area contributed by atoms with E-state index in [9.17, 15) is 0 Å². The molecule has 0 fully saturated rings. The van der Waals surface area contributed by atoms with Gasteiger partial charge in [0, 0.05) is 25.5 Å². The Morgan fingerprint density at radius 2 is 2.14 bits per heavy atom. The van der Waals surface area contributed by atoms with Gasteiger partial charge in [-0.05, 0) is 25.3 Å². The number of rotatable bonds is 4. The van der Waals surface area contributed by atoms with E-state index in [1.54, 1.807) is 0 Å². The molecule has 0 saturated heterocycles. The van der Waals surface area contributed by atoms with Crippen LogP contribution in [0.5, 0.6) is 0 Å². The summed E-state index contributed by atoms with van der Waals surface area (Å²) in [5.74, 6) is 1.47. The summed E-state index contributed by atoms with van der Waals surface area (Å²) in [5, 5.41) is 0. The maximum atomic E-state index is 4.50. The quantitative estimate of drug-likeness (QED) is 0.733. The Balaban J connectivity index is 2.78. The highest BCUT2D eigenvalue weighted by atomic mass is 15.2. The molecular formula is C11H19N3. The highest BCUT2D eigenvalue weighted by Crippen LogP contribution is 2.09. The molecule has 0 aliphatic carbocycles. The highest BCUT2D eigenvalue weighted by Gasteiger charge is 2.04. The fraction of sp³-hybridized carbons (Fsp3) is 0.636. The first kappa shape index (κ1) is 11.0. The molecule has 0 radical (unpaired) electrons. The van der Waals surface area contributed by atoms with Crippen molar-refractivity contribution >= 4 is 5.95 Å². The van der Waals surface area contributed by atoms with Crippen molar-refractivity contribution in [1.82, 2.24) is 9.97 Å². The molecule has 78 valence electrons. The molecule has 1 heterocycles. The van der Waals surface area contributed by atoms with Gasteiger partial charge < -0.3 is 4.90 Å². The molecule has 1 aromatic rings. The fourth-order valence-electron chi connectivity index (χ4n) is 1.24. The van der Waals surface area contributed by atoms with Crippen molar-refractivity contribution in [2.24, 2.45) is 5.92 Å². The first-order valence-corrected chi connectivity index (χ1v) is 5.16. The Bertz CT molecular complexity index is 284. The molecule has 0 aliphatic heterocycles. The Morgan fingerprint density at radius 1 is 1.43 bits per heavy atom. The number of nitrogens with zero attached hydrogens (tertiary/aromatic N) is 3. The van der Waals surface area contributed by atoms with Crippen molar-refractivity contribution in [2.45, 2.75) is 27.2 Å². The lowest BCUT2D eigenvalue weighted by Crippen LogP contribution is -2.19. The minimum Gasteiger partial charge on any atom is -0.344 e. The van der Waals surface area contributed by atoms with Crippen LogP contribution in [0.1, 0.15) is 26.5 Å².